The molecule has 5 nitrogen and oxygen atoms in total. The molecule has 0 aromatic carbocycles. The summed E-state index contributed by atoms with van der Waals surface area (Å²) in [5.41, 5.74) is 0. The number of carbonyl (C=O) groups is 1. The largest absolute Gasteiger partial charge is 0.465 e. The van der Waals surface area contributed by atoms with E-state index >= 15 is 0 Å². The second-order valence-corrected chi connectivity index (χ2v) is 4.55. The molecule has 0 aliphatic rings. The van der Waals surface area contributed by atoms with Crippen molar-refractivity contribution in [1.82, 2.24) is 10.2 Å². The Balaban J connectivity index is 4.60. The molecule has 1 N–H and O–H groups in total. The van der Waals surface area contributed by atoms with Crippen molar-refractivity contribution in [3.05, 3.63) is 0 Å². The van der Waals surface area contributed by atoms with Crippen molar-refractivity contribution in [3.63, 3.8) is 0 Å². The summed E-state index contributed by atoms with van der Waals surface area (Å²) in [4.78, 5) is 14.1. The predicted octanol–water partition coefficient (Wildman–Crippen LogP) is 1.27. The quantitative estimate of drug-likeness (QED) is 0.575. The molecule has 0 amide bonds. The van der Waals surface area contributed by atoms with E-state index in [1.807, 2.05) is 6.92 Å². The molecule has 0 aliphatic carbocycles. The Morgan fingerprint density at radius 3 is 2.32 bits per heavy atom. The van der Waals surface area contributed by atoms with E-state index in [2.05, 4.69) is 24.1 Å². The molecule has 0 bridgehead atoms. The molecule has 0 saturated heterocycles. The summed E-state index contributed by atoms with van der Waals surface area (Å²) in [5, 5.41) is 3.04. The number of hydrogen-bond acceptors (Lipinski definition) is 5. The minimum Gasteiger partial charge on any atom is -0.465 e. The van der Waals surface area contributed by atoms with Gasteiger partial charge in [0.1, 0.15) is 6.04 Å². The smallest absolute Gasteiger partial charge is 0.324 e. The molecule has 0 radical (unpaired) electrons. The number of likely N-dealkylation sites (N-methyl/N-ethyl adjacent to an activating group) is 1. The maximum absolute atomic E-state index is 11.8. The van der Waals surface area contributed by atoms with Crippen molar-refractivity contribution >= 4 is 5.97 Å². The lowest BCUT2D eigenvalue weighted by Gasteiger charge is -2.32. The summed E-state index contributed by atoms with van der Waals surface area (Å²) in [6, 6.07) is 0.192. The highest BCUT2D eigenvalue weighted by atomic mass is 16.5. The fraction of sp³-hybridized carbons (Fsp3) is 0.929. The minimum absolute atomic E-state index is 0.182. The monoisotopic (exact) mass is 274 g/mol. The van der Waals surface area contributed by atoms with Crippen molar-refractivity contribution in [1.29, 1.82) is 0 Å². The van der Waals surface area contributed by atoms with Gasteiger partial charge in [-0.1, -0.05) is 13.8 Å². The Kier molecular flexibility index (Phi) is 10.8. The van der Waals surface area contributed by atoms with Gasteiger partial charge in [0, 0.05) is 26.2 Å². The van der Waals surface area contributed by atoms with Crippen molar-refractivity contribution in [3.8, 4) is 0 Å². The summed E-state index contributed by atoms with van der Waals surface area (Å²) in [6.07, 6.45) is 2.14. The lowest BCUT2D eigenvalue weighted by Crippen LogP contribution is -2.49. The highest BCUT2D eigenvalue weighted by Crippen LogP contribution is 2.09. The molecule has 19 heavy (non-hydrogen) atoms. The Morgan fingerprint density at radius 2 is 1.89 bits per heavy atom. The molecular weight excluding hydrogens is 244 g/mol. The molecule has 0 rings (SSSR count). The lowest BCUT2D eigenvalue weighted by atomic mass is 10.1. The van der Waals surface area contributed by atoms with Crippen LogP contribution in [0.25, 0.3) is 0 Å². The van der Waals surface area contributed by atoms with Crippen LogP contribution in [-0.4, -0.2) is 63.4 Å². The van der Waals surface area contributed by atoms with Crippen LogP contribution in [0.4, 0.5) is 0 Å². The highest BCUT2D eigenvalue weighted by molar-refractivity contribution is 5.76. The first-order chi connectivity index (χ1) is 9.14. The second-order valence-electron chi connectivity index (χ2n) is 4.55. The molecule has 1 unspecified atom stereocenters. The van der Waals surface area contributed by atoms with E-state index in [4.69, 9.17) is 9.47 Å². The summed E-state index contributed by atoms with van der Waals surface area (Å²) in [7, 11) is 3.50. The molecule has 0 aliphatic heterocycles. The molecule has 114 valence electrons. The van der Waals surface area contributed by atoms with Crippen molar-refractivity contribution < 1.29 is 14.3 Å². The molecule has 0 heterocycles. The van der Waals surface area contributed by atoms with Gasteiger partial charge in [0.05, 0.1) is 13.2 Å². The van der Waals surface area contributed by atoms with Gasteiger partial charge >= 0.3 is 5.97 Å². The zero-order valence-electron chi connectivity index (χ0n) is 13.1. The van der Waals surface area contributed by atoms with E-state index in [-0.39, 0.29) is 12.0 Å². The Hall–Kier alpha value is -0.650. The van der Waals surface area contributed by atoms with E-state index in [1.54, 1.807) is 14.2 Å². The molecule has 0 fully saturated rings. The summed E-state index contributed by atoms with van der Waals surface area (Å²) in [6.45, 7) is 8.76. The van der Waals surface area contributed by atoms with Gasteiger partial charge in [0.25, 0.3) is 0 Å². The fourth-order valence-electron chi connectivity index (χ4n) is 2.20. The first-order valence-electron chi connectivity index (χ1n) is 7.21. The fourth-order valence-corrected chi connectivity index (χ4v) is 2.20. The van der Waals surface area contributed by atoms with E-state index in [0.717, 1.165) is 19.4 Å². The third-order valence-corrected chi connectivity index (χ3v) is 3.38. The number of ether oxygens (including phenoxy) is 2. The molecule has 0 spiro atoms. The normalized spacial score (nSPS) is 13.0. The number of nitrogens with one attached hydrogen (secondary N) is 1. The zero-order valence-corrected chi connectivity index (χ0v) is 13.1. The van der Waals surface area contributed by atoms with Gasteiger partial charge in [-0.25, -0.2) is 0 Å². The Labute approximate surface area is 117 Å². The van der Waals surface area contributed by atoms with Gasteiger partial charge < -0.3 is 14.8 Å². The average Bonchev–Trinajstić information content (AvgIpc) is 2.42. The number of nitrogens with zero attached hydrogens (tertiary/aromatic N) is 1. The van der Waals surface area contributed by atoms with E-state index in [9.17, 15) is 4.79 Å². The molecule has 5 heteroatoms. The summed E-state index contributed by atoms with van der Waals surface area (Å²) in [5.74, 6) is -0.182. The van der Waals surface area contributed by atoms with E-state index in [0.29, 0.717) is 25.8 Å². The molecular formula is C14H30N2O3. The van der Waals surface area contributed by atoms with Gasteiger partial charge in [0.15, 0.2) is 0 Å². The van der Waals surface area contributed by atoms with Crippen LogP contribution in [0.1, 0.15) is 33.6 Å². The van der Waals surface area contributed by atoms with Crippen LogP contribution in [0.2, 0.25) is 0 Å². The van der Waals surface area contributed by atoms with Gasteiger partial charge in [-0.05, 0) is 26.8 Å². The van der Waals surface area contributed by atoms with Crippen LogP contribution in [0.15, 0.2) is 0 Å². The third-order valence-electron chi connectivity index (χ3n) is 3.38. The van der Waals surface area contributed by atoms with Crippen LogP contribution in [-0.2, 0) is 14.3 Å². The van der Waals surface area contributed by atoms with Gasteiger partial charge in [-0.15, -0.1) is 0 Å². The van der Waals surface area contributed by atoms with Gasteiger partial charge in [-0.2, -0.15) is 0 Å². The van der Waals surface area contributed by atoms with Crippen LogP contribution in [0, 0.1) is 0 Å². The number of rotatable bonds is 11. The van der Waals surface area contributed by atoms with Crippen molar-refractivity contribution in [2.45, 2.75) is 45.7 Å². The highest BCUT2D eigenvalue weighted by Gasteiger charge is 2.24. The lowest BCUT2D eigenvalue weighted by molar-refractivity contribution is -0.146. The second kappa shape index (κ2) is 11.2. The Bertz CT molecular complexity index is 233. The third kappa shape index (κ3) is 6.89. The first-order valence-corrected chi connectivity index (χ1v) is 7.21. The standard InChI is InChI=1S/C14H30N2O3/c1-6-12(7-2)16(9-10-18-5)11-13(15-4)14(17)19-8-3/h12-13,15H,6-11H2,1-5H3. The van der Waals surface area contributed by atoms with E-state index < -0.39 is 0 Å². The molecule has 1 atom stereocenters. The number of hydrogen-bond donors (Lipinski definition) is 1. The summed E-state index contributed by atoms with van der Waals surface area (Å²) >= 11 is 0. The number of esters is 1. The molecule has 0 aromatic rings. The van der Waals surface area contributed by atoms with Crippen molar-refractivity contribution in [2.24, 2.45) is 0 Å². The number of carbonyl (C=O) groups excluding carboxylic acids is 1. The maximum Gasteiger partial charge on any atom is 0.324 e. The van der Waals surface area contributed by atoms with Crippen molar-refractivity contribution in [2.75, 3.05) is 40.5 Å². The molecule has 0 saturated carbocycles. The van der Waals surface area contributed by atoms with Crippen LogP contribution in [0.3, 0.4) is 0 Å². The maximum atomic E-state index is 11.8. The SMILES string of the molecule is CCOC(=O)C(CN(CCOC)C(CC)CC)NC. The van der Waals surface area contributed by atoms with Gasteiger partial charge in [0.2, 0.25) is 0 Å². The van der Waals surface area contributed by atoms with Crippen LogP contribution < -0.4 is 5.32 Å². The zero-order chi connectivity index (χ0) is 14.7. The first kappa shape index (κ1) is 18.4. The summed E-state index contributed by atoms with van der Waals surface area (Å²) < 4.78 is 10.2. The van der Waals surface area contributed by atoms with E-state index in [1.165, 1.54) is 0 Å². The van der Waals surface area contributed by atoms with Gasteiger partial charge in [-0.3, -0.25) is 9.69 Å². The topological polar surface area (TPSA) is 50.8 Å². The Morgan fingerprint density at radius 1 is 1.26 bits per heavy atom. The minimum atomic E-state index is -0.280. The average molecular weight is 274 g/mol. The van der Waals surface area contributed by atoms with Crippen LogP contribution >= 0.6 is 0 Å². The predicted molar refractivity (Wildman–Crippen MR) is 77.3 cm³/mol. The molecule has 0 aromatic heterocycles. The van der Waals surface area contributed by atoms with Crippen LogP contribution in [0.5, 0.6) is 0 Å². The number of methoxy groups -OCH3 is 1.